The molecule has 0 saturated carbocycles. The fourth-order valence-electron chi connectivity index (χ4n) is 5.64. The molecular weight excluding hydrogens is 504 g/mol. The van der Waals surface area contributed by atoms with Crippen molar-refractivity contribution in [3.8, 4) is 39.3 Å². The lowest BCUT2D eigenvalue weighted by Crippen LogP contribution is -2.03. The van der Waals surface area contributed by atoms with Crippen LogP contribution >= 0.6 is 11.3 Å². The van der Waals surface area contributed by atoms with Crippen molar-refractivity contribution in [3.05, 3.63) is 132 Å². The van der Waals surface area contributed by atoms with E-state index in [0.717, 1.165) is 39.1 Å². The molecule has 2 nitrogen and oxygen atoms in total. The minimum atomic E-state index is -0.650. The van der Waals surface area contributed by atoms with Crippen molar-refractivity contribution >= 4 is 32.5 Å². The van der Waals surface area contributed by atoms with Crippen molar-refractivity contribution in [1.29, 1.82) is 0 Å². The number of fused-ring (bicyclic) bond motifs is 2. The monoisotopic (exact) mass is 535 g/mol. The third kappa shape index (κ3) is 4.14. The normalized spacial score (nSPS) is 12.2. The first-order chi connectivity index (χ1) is 19.9. The van der Waals surface area contributed by atoms with E-state index < -0.39 is 5.89 Å². The molecule has 0 spiro atoms. The Morgan fingerprint density at radius 3 is 2.00 bits per heavy atom. The van der Waals surface area contributed by atoms with Gasteiger partial charge in [-0.15, -0.1) is 11.3 Å². The Labute approximate surface area is 240 Å². The maximum absolute atomic E-state index is 8.55. The summed E-state index contributed by atoms with van der Waals surface area (Å²) in [5.41, 5.74) is 11.2. The smallest absolute Gasteiger partial charge is 0.147 e. The molecule has 0 aliphatic rings. The number of para-hydroxylation sites is 2. The Morgan fingerprint density at radius 1 is 0.725 bits per heavy atom. The van der Waals surface area contributed by atoms with Gasteiger partial charge in [0.2, 0.25) is 0 Å². The van der Waals surface area contributed by atoms with Gasteiger partial charge in [-0.3, -0.25) is 4.57 Å². The molecule has 0 amide bonds. The summed E-state index contributed by atoms with van der Waals surface area (Å²) >= 11 is 1.72. The zero-order valence-electron chi connectivity index (χ0n) is 23.8. The third-order valence-electron chi connectivity index (χ3n) is 7.60. The van der Waals surface area contributed by atoms with Gasteiger partial charge in [0.15, 0.2) is 0 Å². The highest BCUT2D eigenvalue weighted by atomic mass is 32.1. The molecule has 5 aromatic carbocycles. The van der Waals surface area contributed by atoms with Crippen LogP contribution in [-0.4, -0.2) is 9.55 Å². The largest absolute Gasteiger partial charge is 0.291 e. The zero-order chi connectivity index (χ0) is 28.1. The molecule has 0 aliphatic carbocycles. The molecule has 40 heavy (non-hydrogen) atoms. The van der Waals surface area contributed by atoms with Crippen LogP contribution in [0.25, 0.3) is 60.4 Å². The van der Waals surface area contributed by atoms with Gasteiger partial charge in [0.25, 0.3) is 0 Å². The van der Waals surface area contributed by atoms with E-state index in [1.165, 1.54) is 32.5 Å². The highest BCUT2D eigenvalue weighted by Gasteiger charge is 2.23. The van der Waals surface area contributed by atoms with E-state index in [2.05, 4.69) is 132 Å². The van der Waals surface area contributed by atoms with Gasteiger partial charge in [-0.25, -0.2) is 4.98 Å². The van der Waals surface area contributed by atoms with Gasteiger partial charge in [0.1, 0.15) is 5.82 Å². The summed E-state index contributed by atoms with van der Waals surface area (Å²) in [6, 6.07) is 40.8. The molecule has 0 atom stereocenters. The second kappa shape index (κ2) is 9.93. The number of aromatic nitrogens is 2. The Balaban J connectivity index is 1.59. The number of benzene rings is 5. The first-order valence-electron chi connectivity index (χ1n) is 14.1. The van der Waals surface area contributed by atoms with Crippen LogP contribution in [0, 0.1) is 6.92 Å². The van der Waals surface area contributed by atoms with E-state index in [4.69, 9.17) is 6.35 Å². The fourth-order valence-corrected chi connectivity index (χ4v) is 6.62. The van der Waals surface area contributed by atoms with Crippen LogP contribution in [0.1, 0.15) is 32.2 Å². The van der Waals surface area contributed by atoms with Gasteiger partial charge in [0, 0.05) is 33.5 Å². The number of imidazole rings is 1. The Bertz CT molecular complexity index is 1970. The van der Waals surface area contributed by atoms with Crippen molar-refractivity contribution in [2.75, 3.05) is 0 Å². The lowest BCUT2D eigenvalue weighted by molar-refractivity contribution is 0.869. The van der Waals surface area contributed by atoms with E-state index in [1.54, 1.807) is 11.3 Å². The fraction of sp³-hybridized carbons (Fsp3) is 0.108. The number of hydrogen-bond donors (Lipinski definition) is 0. The highest BCUT2D eigenvalue weighted by molar-refractivity contribution is 7.17. The van der Waals surface area contributed by atoms with E-state index in [-0.39, 0.29) is 0 Å². The van der Waals surface area contributed by atoms with E-state index in [0.29, 0.717) is 0 Å². The molecule has 0 radical (unpaired) electrons. The van der Waals surface area contributed by atoms with Crippen molar-refractivity contribution in [1.82, 2.24) is 9.55 Å². The topological polar surface area (TPSA) is 17.8 Å². The summed E-state index contributed by atoms with van der Waals surface area (Å²) < 4.78 is 12.1. The van der Waals surface area contributed by atoms with Crippen molar-refractivity contribution < 1.29 is 1.37 Å². The molecular formula is C37H30N2S. The number of nitrogens with zero attached hydrogens (tertiary/aromatic N) is 2. The number of rotatable bonds is 5. The standard InChI is InChI=1S/C37H30N2S/c1-24(2)28-18-19-29-32(23-40-35(29)22-28)37-38-33-16-10-11-17-34(33)39(37)36-30(26-12-6-4-7-13-26)20-25(3)21-31(36)27-14-8-5-9-15-27/h4-24H,1-3H3/i24D. The molecule has 0 saturated heterocycles. The summed E-state index contributed by atoms with van der Waals surface area (Å²) in [5, 5.41) is 3.39. The Morgan fingerprint density at radius 2 is 1.35 bits per heavy atom. The molecule has 7 rings (SSSR count). The molecule has 3 heteroatoms. The van der Waals surface area contributed by atoms with Gasteiger partial charge in [0.05, 0.1) is 16.7 Å². The van der Waals surface area contributed by atoms with Gasteiger partial charge < -0.3 is 0 Å². The Hall–Kier alpha value is -4.47. The van der Waals surface area contributed by atoms with Crippen molar-refractivity contribution in [2.24, 2.45) is 0 Å². The number of thiophene rings is 1. The van der Waals surface area contributed by atoms with Crippen LogP contribution in [-0.2, 0) is 0 Å². The number of hydrogen-bond acceptors (Lipinski definition) is 2. The molecule has 2 aromatic heterocycles. The molecule has 194 valence electrons. The second-order valence-corrected chi connectivity index (χ2v) is 11.5. The average Bonchev–Trinajstić information content (AvgIpc) is 3.58. The van der Waals surface area contributed by atoms with Gasteiger partial charge >= 0.3 is 0 Å². The van der Waals surface area contributed by atoms with Gasteiger partial charge in [-0.1, -0.05) is 98.8 Å². The lowest BCUT2D eigenvalue weighted by atomic mass is 9.93. The van der Waals surface area contributed by atoms with Crippen LogP contribution < -0.4 is 0 Å². The Kier molecular flexibility index (Phi) is 5.81. The van der Waals surface area contributed by atoms with Gasteiger partial charge in [-0.2, -0.15) is 0 Å². The molecule has 2 heterocycles. The minimum absolute atomic E-state index is 0.650. The summed E-state index contributed by atoms with van der Waals surface area (Å²) in [4.78, 5) is 5.28. The first kappa shape index (κ1) is 23.4. The summed E-state index contributed by atoms with van der Waals surface area (Å²) in [6.45, 7) is 6.05. The first-order valence-corrected chi connectivity index (χ1v) is 14.5. The van der Waals surface area contributed by atoms with Crippen LogP contribution in [0.15, 0.2) is 121 Å². The molecule has 0 N–H and O–H groups in total. The predicted octanol–water partition coefficient (Wildman–Crippen LogP) is 10.7. The highest BCUT2D eigenvalue weighted by Crippen LogP contribution is 2.43. The van der Waals surface area contributed by atoms with E-state index in [1.807, 2.05) is 13.8 Å². The molecule has 7 aromatic rings. The van der Waals surface area contributed by atoms with Crippen LogP contribution in [0.5, 0.6) is 0 Å². The van der Waals surface area contributed by atoms with E-state index >= 15 is 0 Å². The van der Waals surface area contributed by atoms with Crippen LogP contribution in [0.4, 0.5) is 0 Å². The summed E-state index contributed by atoms with van der Waals surface area (Å²) in [6.07, 6.45) is 0. The molecule has 0 bridgehead atoms. The van der Waals surface area contributed by atoms with E-state index in [9.17, 15) is 0 Å². The third-order valence-corrected chi connectivity index (χ3v) is 8.55. The maximum atomic E-state index is 8.55. The molecule has 0 aliphatic heterocycles. The number of aryl methyl sites for hydroxylation is 1. The SMILES string of the molecule is [2H]C(C)(C)c1ccc2c(-c3nc4ccccc4n3-c3c(-c4ccccc4)cc(C)cc3-c3ccccc3)csc2c1. The lowest BCUT2D eigenvalue weighted by Gasteiger charge is -2.20. The predicted molar refractivity (Wildman–Crippen MR) is 172 cm³/mol. The molecule has 0 unspecified atom stereocenters. The maximum Gasteiger partial charge on any atom is 0.147 e. The summed E-state index contributed by atoms with van der Waals surface area (Å²) in [5.74, 6) is 0.274. The zero-order valence-corrected chi connectivity index (χ0v) is 23.7. The van der Waals surface area contributed by atoms with Crippen LogP contribution in [0.2, 0.25) is 0 Å². The second-order valence-electron chi connectivity index (χ2n) is 10.6. The molecule has 0 fully saturated rings. The minimum Gasteiger partial charge on any atom is -0.291 e. The average molecular weight is 536 g/mol. The quantitative estimate of drug-likeness (QED) is 0.214. The summed E-state index contributed by atoms with van der Waals surface area (Å²) in [7, 11) is 0. The van der Waals surface area contributed by atoms with Crippen molar-refractivity contribution in [2.45, 2.75) is 26.7 Å². The van der Waals surface area contributed by atoms with Gasteiger partial charge in [-0.05, 0) is 65.4 Å². The van der Waals surface area contributed by atoms with Crippen molar-refractivity contribution in [3.63, 3.8) is 0 Å². The van der Waals surface area contributed by atoms with Crippen LogP contribution in [0.3, 0.4) is 0 Å².